The monoisotopic (exact) mass is 438 g/mol. The van der Waals surface area contributed by atoms with Crippen LogP contribution in [0, 0.1) is 5.92 Å². The van der Waals surface area contributed by atoms with Gasteiger partial charge < -0.3 is 15.2 Å². The first-order valence-corrected chi connectivity index (χ1v) is 10.3. The Morgan fingerprint density at radius 1 is 1.07 bits per heavy atom. The van der Waals surface area contributed by atoms with Gasteiger partial charge in [0.25, 0.3) is 0 Å². The summed E-state index contributed by atoms with van der Waals surface area (Å²) < 4.78 is 2.26. The summed E-state index contributed by atoms with van der Waals surface area (Å²) in [6.07, 6.45) is 9.99. The van der Waals surface area contributed by atoms with Crippen LogP contribution in [0.15, 0.2) is 42.7 Å². The molecule has 0 spiro atoms. The van der Waals surface area contributed by atoms with E-state index in [1.807, 2.05) is 12.3 Å². The largest absolute Gasteiger partial charge is 0.342 e. The number of piperidine rings is 1. The van der Waals surface area contributed by atoms with E-state index in [4.69, 9.17) is 5.73 Å². The molecule has 1 saturated carbocycles. The molecule has 1 aromatic carbocycles. The van der Waals surface area contributed by atoms with E-state index in [-0.39, 0.29) is 36.8 Å². The van der Waals surface area contributed by atoms with Gasteiger partial charge in [-0.25, -0.2) is 4.98 Å². The maximum atomic E-state index is 12.8. The summed E-state index contributed by atoms with van der Waals surface area (Å²) in [5.41, 5.74) is 7.37. The van der Waals surface area contributed by atoms with Crippen molar-refractivity contribution in [2.24, 2.45) is 11.7 Å². The van der Waals surface area contributed by atoms with Gasteiger partial charge in [-0.3, -0.25) is 4.79 Å². The molecule has 0 bridgehead atoms. The summed E-state index contributed by atoms with van der Waals surface area (Å²) in [4.78, 5) is 19.6. The van der Waals surface area contributed by atoms with Crippen LogP contribution in [0.4, 0.5) is 0 Å². The van der Waals surface area contributed by atoms with E-state index in [9.17, 15) is 4.79 Å². The van der Waals surface area contributed by atoms with Crippen LogP contribution in [0.1, 0.15) is 55.8 Å². The minimum absolute atomic E-state index is 0. The molecular formula is C22H32Cl2N4O. The number of amides is 1. The van der Waals surface area contributed by atoms with Crippen LogP contribution in [-0.4, -0.2) is 39.5 Å². The van der Waals surface area contributed by atoms with Crippen molar-refractivity contribution in [2.75, 3.05) is 13.1 Å². The second-order valence-corrected chi connectivity index (χ2v) is 8.12. The number of likely N-dealkylation sites (tertiary alicyclic amines) is 1. The number of nitrogens with two attached hydrogens (primary N) is 1. The predicted molar refractivity (Wildman–Crippen MR) is 121 cm³/mol. The highest BCUT2D eigenvalue weighted by Gasteiger charge is 2.32. The number of carbonyl (C=O) groups is 1. The zero-order chi connectivity index (χ0) is 18.6. The SMILES string of the molecule is Cl.Cl.N[C@H]1CCC[C@@H](C(=O)N2CCC(c3nccn3Cc3ccccc3)CC2)C1. The number of benzene rings is 1. The molecule has 0 unspecified atom stereocenters. The highest BCUT2D eigenvalue weighted by Crippen LogP contribution is 2.30. The smallest absolute Gasteiger partial charge is 0.225 e. The average molecular weight is 439 g/mol. The fraction of sp³-hybridized carbons (Fsp3) is 0.545. The third kappa shape index (κ3) is 5.74. The molecule has 2 aliphatic rings. The van der Waals surface area contributed by atoms with Gasteiger partial charge in [0.05, 0.1) is 0 Å². The summed E-state index contributed by atoms with van der Waals surface area (Å²) >= 11 is 0. The summed E-state index contributed by atoms with van der Waals surface area (Å²) in [7, 11) is 0. The van der Waals surface area contributed by atoms with Gasteiger partial charge in [0.2, 0.25) is 5.91 Å². The van der Waals surface area contributed by atoms with E-state index in [0.29, 0.717) is 11.8 Å². The predicted octanol–water partition coefficient (Wildman–Crippen LogP) is 4.00. The zero-order valence-electron chi connectivity index (χ0n) is 16.8. The Morgan fingerprint density at radius 2 is 1.79 bits per heavy atom. The van der Waals surface area contributed by atoms with Crippen molar-refractivity contribution < 1.29 is 4.79 Å². The molecule has 2 N–H and O–H groups in total. The first kappa shape index (κ1) is 23.7. The Morgan fingerprint density at radius 3 is 2.48 bits per heavy atom. The lowest BCUT2D eigenvalue weighted by Crippen LogP contribution is -2.44. The fourth-order valence-corrected chi connectivity index (χ4v) is 4.66. The molecule has 2 aromatic rings. The van der Waals surface area contributed by atoms with Gasteiger partial charge in [-0.15, -0.1) is 24.8 Å². The second-order valence-electron chi connectivity index (χ2n) is 8.12. The summed E-state index contributed by atoms with van der Waals surface area (Å²) in [6.45, 7) is 2.54. The number of nitrogens with zero attached hydrogens (tertiary/aromatic N) is 3. The van der Waals surface area contributed by atoms with Crippen LogP contribution < -0.4 is 5.73 Å². The zero-order valence-corrected chi connectivity index (χ0v) is 18.4. The molecule has 1 aromatic heterocycles. The molecule has 4 rings (SSSR count). The van der Waals surface area contributed by atoms with Crippen molar-refractivity contribution in [3.8, 4) is 0 Å². The van der Waals surface area contributed by atoms with Crippen molar-refractivity contribution >= 4 is 30.7 Å². The quantitative estimate of drug-likeness (QED) is 0.784. The maximum absolute atomic E-state index is 12.8. The Labute approximate surface area is 185 Å². The number of hydrogen-bond donors (Lipinski definition) is 1. The molecule has 5 nitrogen and oxygen atoms in total. The minimum Gasteiger partial charge on any atom is -0.342 e. The topological polar surface area (TPSA) is 64.2 Å². The van der Waals surface area contributed by atoms with Gasteiger partial charge in [0.15, 0.2) is 0 Å². The summed E-state index contributed by atoms with van der Waals surface area (Å²) in [5, 5.41) is 0. The van der Waals surface area contributed by atoms with Crippen molar-refractivity contribution in [1.82, 2.24) is 14.5 Å². The first-order chi connectivity index (χ1) is 13.2. The molecule has 2 fully saturated rings. The number of halogens is 2. The molecule has 1 amide bonds. The molecule has 7 heteroatoms. The van der Waals surface area contributed by atoms with Crippen molar-refractivity contribution in [1.29, 1.82) is 0 Å². The molecular weight excluding hydrogens is 407 g/mol. The van der Waals surface area contributed by atoms with Crippen LogP contribution in [0.5, 0.6) is 0 Å². The lowest BCUT2D eigenvalue weighted by Gasteiger charge is -2.36. The average Bonchev–Trinajstić information content (AvgIpc) is 3.16. The van der Waals surface area contributed by atoms with E-state index in [1.54, 1.807) is 0 Å². The van der Waals surface area contributed by atoms with Gasteiger partial charge >= 0.3 is 0 Å². The van der Waals surface area contributed by atoms with Crippen molar-refractivity contribution in [2.45, 2.75) is 57.0 Å². The number of hydrogen-bond acceptors (Lipinski definition) is 3. The van der Waals surface area contributed by atoms with E-state index < -0.39 is 0 Å². The third-order valence-corrected chi connectivity index (χ3v) is 6.18. The highest BCUT2D eigenvalue weighted by atomic mass is 35.5. The van der Waals surface area contributed by atoms with E-state index >= 15 is 0 Å². The molecule has 2 heterocycles. The number of aromatic nitrogens is 2. The molecule has 29 heavy (non-hydrogen) atoms. The lowest BCUT2D eigenvalue weighted by molar-refractivity contribution is -0.137. The first-order valence-electron chi connectivity index (χ1n) is 10.3. The Balaban J connectivity index is 0.00000150. The maximum Gasteiger partial charge on any atom is 0.225 e. The Kier molecular flexibility index (Phi) is 9.00. The molecule has 160 valence electrons. The minimum atomic E-state index is 0. The summed E-state index contributed by atoms with van der Waals surface area (Å²) in [5.74, 6) is 2.06. The van der Waals surface area contributed by atoms with E-state index in [2.05, 4.69) is 44.9 Å². The van der Waals surface area contributed by atoms with Gasteiger partial charge in [-0.1, -0.05) is 36.8 Å². The second kappa shape index (κ2) is 11.0. The number of carbonyl (C=O) groups excluding carboxylic acids is 1. The van der Waals surface area contributed by atoms with Crippen LogP contribution >= 0.6 is 24.8 Å². The molecule has 1 saturated heterocycles. The van der Waals surface area contributed by atoms with Gasteiger partial charge in [0, 0.05) is 49.9 Å². The van der Waals surface area contributed by atoms with Gasteiger partial charge in [-0.2, -0.15) is 0 Å². The third-order valence-electron chi connectivity index (χ3n) is 6.18. The van der Waals surface area contributed by atoms with Crippen LogP contribution in [-0.2, 0) is 11.3 Å². The standard InChI is InChI=1S/C22H30N4O.2ClH/c23-20-8-4-7-19(15-20)22(27)25-12-9-18(10-13-25)21-24-11-14-26(21)16-17-5-2-1-3-6-17;;/h1-3,5-6,11,14,18-20H,4,7-10,12-13,15-16,23H2;2*1H/t19-,20+;;/m1../s1. The summed E-state index contributed by atoms with van der Waals surface area (Å²) in [6, 6.07) is 10.7. The van der Waals surface area contributed by atoms with Crippen LogP contribution in [0.3, 0.4) is 0 Å². The van der Waals surface area contributed by atoms with Gasteiger partial charge in [0.1, 0.15) is 5.82 Å². The normalized spacial score (nSPS) is 22.4. The Bertz CT molecular complexity index is 759. The van der Waals surface area contributed by atoms with Gasteiger partial charge in [-0.05, 0) is 37.7 Å². The lowest BCUT2D eigenvalue weighted by atomic mass is 9.84. The highest BCUT2D eigenvalue weighted by molar-refractivity contribution is 5.85. The van der Waals surface area contributed by atoms with Crippen molar-refractivity contribution in [3.63, 3.8) is 0 Å². The van der Waals surface area contributed by atoms with E-state index in [1.165, 1.54) is 5.56 Å². The fourth-order valence-electron chi connectivity index (χ4n) is 4.66. The van der Waals surface area contributed by atoms with Crippen molar-refractivity contribution in [3.05, 3.63) is 54.1 Å². The van der Waals surface area contributed by atoms with Crippen LogP contribution in [0.2, 0.25) is 0 Å². The Hall–Kier alpha value is -1.56. The van der Waals surface area contributed by atoms with Crippen LogP contribution in [0.25, 0.3) is 0 Å². The number of imidazole rings is 1. The molecule has 2 atom stereocenters. The number of rotatable bonds is 4. The molecule has 1 aliphatic heterocycles. The molecule has 1 aliphatic carbocycles. The molecule has 0 radical (unpaired) electrons. The van der Waals surface area contributed by atoms with E-state index in [0.717, 1.165) is 64.0 Å².